The number of anilines is 2. The number of benzene rings is 2. The summed E-state index contributed by atoms with van der Waals surface area (Å²) in [7, 11) is 1.61. The smallest absolute Gasteiger partial charge is 0.257 e. The number of methoxy groups -OCH3 is 1. The Balaban J connectivity index is 1.66. The Morgan fingerprint density at radius 3 is 2.83 bits per heavy atom. The molecule has 0 aliphatic carbocycles. The zero-order valence-electron chi connectivity index (χ0n) is 15.7. The first-order chi connectivity index (χ1) is 14.1. The monoisotopic (exact) mass is 451 g/mol. The molecule has 29 heavy (non-hydrogen) atoms. The summed E-state index contributed by atoms with van der Waals surface area (Å²) in [5.74, 6) is 0.643. The third-order valence-corrected chi connectivity index (χ3v) is 6.38. The van der Waals surface area contributed by atoms with Crippen molar-refractivity contribution in [2.75, 3.05) is 43.6 Å². The Hall–Kier alpha value is -2.06. The molecular formula is C20H19Cl2N3O3S. The number of morpholine rings is 1. The highest BCUT2D eigenvalue weighted by molar-refractivity contribution is 7.23. The van der Waals surface area contributed by atoms with Gasteiger partial charge in [0.1, 0.15) is 11.3 Å². The van der Waals surface area contributed by atoms with Crippen molar-refractivity contribution in [1.29, 1.82) is 0 Å². The fraction of sp³-hybridized carbons (Fsp3) is 0.300. The van der Waals surface area contributed by atoms with E-state index in [0.717, 1.165) is 29.0 Å². The predicted octanol–water partition coefficient (Wildman–Crippen LogP) is 4.79. The molecule has 1 fully saturated rings. The van der Waals surface area contributed by atoms with Crippen LogP contribution in [0.15, 0.2) is 30.3 Å². The summed E-state index contributed by atoms with van der Waals surface area (Å²) in [5, 5.41) is 3.93. The fourth-order valence-electron chi connectivity index (χ4n) is 3.23. The SMILES string of the molecule is COc1ccc(N2CCOCC2)c2sc(NC(=O)c3ccc(Cl)c(CCl)c3)nc12. The van der Waals surface area contributed by atoms with Gasteiger partial charge in [-0.05, 0) is 35.9 Å². The second-order valence-electron chi connectivity index (χ2n) is 6.48. The van der Waals surface area contributed by atoms with Crippen molar-refractivity contribution in [2.24, 2.45) is 0 Å². The lowest BCUT2D eigenvalue weighted by Gasteiger charge is -2.29. The number of aromatic nitrogens is 1. The third kappa shape index (κ3) is 4.14. The normalized spacial score (nSPS) is 14.2. The quantitative estimate of drug-likeness (QED) is 0.565. The van der Waals surface area contributed by atoms with Gasteiger partial charge < -0.3 is 14.4 Å². The molecule has 1 amide bonds. The second kappa shape index (κ2) is 8.75. The molecule has 9 heteroatoms. The van der Waals surface area contributed by atoms with Gasteiger partial charge in [0.15, 0.2) is 5.13 Å². The highest BCUT2D eigenvalue weighted by atomic mass is 35.5. The molecule has 0 spiro atoms. The van der Waals surface area contributed by atoms with Crippen LogP contribution in [0.1, 0.15) is 15.9 Å². The number of alkyl halides is 1. The number of rotatable bonds is 5. The van der Waals surface area contributed by atoms with Crippen LogP contribution in [0.2, 0.25) is 5.02 Å². The molecule has 6 nitrogen and oxygen atoms in total. The number of nitrogens with zero attached hydrogens (tertiary/aromatic N) is 2. The lowest BCUT2D eigenvalue weighted by molar-refractivity contribution is 0.102. The van der Waals surface area contributed by atoms with Crippen molar-refractivity contribution >= 4 is 61.5 Å². The number of thiazole rings is 1. The second-order valence-corrected chi connectivity index (χ2v) is 8.15. The minimum absolute atomic E-state index is 0.237. The van der Waals surface area contributed by atoms with Gasteiger partial charge in [0.2, 0.25) is 0 Å². The molecule has 0 atom stereocenters. The lowest BCUT2D eigenvalue weighted by atomic mass is 10.1. The molecular weight excluding hydrogens is 433 g/mol. The van der Waals surface area contributed by atoms with E-state index >= 15 is 0 Å². The molecule has 1 aromatic heterocycles. The zero-order chi connectivity index (χ0) is 20.4. The molecule has 2 heterocycles. The van der Waals surface area contributed by atoms with E-state index in [9.17, 15) is 4.79 Å². The highest BCUT2D eigenvalue weighted by Crippen LogP contribution is 2.39. The van der Waals surface area contributed by atoms with Gasteiger partial charge in [-0.15, -0.1) is 11.6 Å². The molecule has 1 saturated heterocycles. The Kier molecular flexibility index (Phi) is 6.10. The fourth-order valence-corrected chi connectivity index (χ4v) is 4.72. The Bertz CT molecular complexity index is 1050. The molecule has 0 radical (unpaired) electrons. The number of fused-ring (bicyclic) bond motifs is 1. The number of nitrogens with one attached hydrogen (secondary N) is 1. The van der Waals surface area contributed by atoms with Crippen LogP contribution in [-0.4, -0.2) is 44.3 Å². The summed E-state index contributed by atoms with van der Waals surface area (Å²) >= 11 is 13.4. The average Bonchev–Trinajstić information content (AvgIpc) is 3.17. The third-order valence-electron chi connectivity index (χ3n) is 4.73. The first-order valence-electron chi connectivity index (χ1n) is 9.06. The van der Waals surface area contributed by atoms with Crippen molar-refractivity contribution in [3.63, 3.8) is 0 Å². The summed E-state index contributed by atoms with van der Waals surface area (Å²) in [6.45, 7) is 3.00. The molecule has 0 unspecified atom stereocenters. The molecule has 152 valence electrons. The van der Waals surface area contributed by atoms with Crippen LogP contribution in [-0.2, 0) is 10.6 Å². The molecule has 0 saturated carbocycles. The summed E-state index contributed by atoms with van der Waals surface area (Å²) in [6, 6.07) is 8.97. The molecule has 2 aromatic carbocycles. The average molecular weight is 452 g/mol. The zero-order valence-corrected chi connectivity index (χ0v) is 18.0. The van der Waals surface area contributed by atoms with Gasteiger partial charge in [-0.25, -0.2) is 4.98 Å². The van der Waals surface area contributed by atoms with Gasteiger partial charge in [0.25, 0.3) is 5.91 Å². The summed E-state index contributed by atoms with van der Waals surface area (Å²) in [5.41, 5.74) is 2.98. The van der Waals surface area contributed by atoms with Crippen LogP contribution < -0.4 is 15.0 Å². The van der Waals surface area contributed by atoms with E-state index in [-0.39, 0.29) is 11.8 Å². The molecule has 3 aromatic rings. The topological polar surface area (TPSA) is 63.7 Å². The van der Waals surface area contributed by atoms with Crippen LogP contribution in [0.3, 0.4) is 0 Å². The number of amides is 1. The Labute approximate surface area is 182 Å². The van der Waals surface area contributed by atoms with Gasteiger partial charge >= 0.3 is 0 Å². The predicted molar refractivity (Wildman–Crippen MR) is 118 cm³/mol. The molecule has 1 aliphatic rings. The van der Waals surface area contributed by atoms with E-state index in [2.05, 4.69) is 15.2 Å². The molecule has 1 N–H and O–H groups in total. The first kappa shape index (κ1) is 20.2. The number of hydrogen-bond acceptors (Lipinski definition) is 6. The maximum absolute atomic E-state index is 12.7. The molecule has 1 aliphatic heterocycles. The van der Waals surface area contributed by atoms with Gasteiger partial charge in [-0.2, -0.15) is 0 Å². The number of halogens is 2. The van der Waals surface area contributed by atoms with E-state index in [1.807, 2.05) is 12.1 Å². The van der Waals surface area contributed by atoms with E-state index in [0.29, 0.717) is 40.2 Å². The van der Waals surface area contributed by atoms with Crippen LogP contribution in [0.5, 0.6) is 5.75 Å². The van der Waals surface area contributed by atoms with Crippen molar-refractivity contribution in [3.8, 4) is 5.75 Å². The van der Waals surface area contributed by atoms with Crippen molar-refractivity contribution in [2.45, 2.75) is 5.88 Å². The maximum atomic E-state index is 12.7. The van der Waals surface area contributed by atoms with E-state index in [1.54, 1.807) is 25.3 Å². The maximum Gasteiger partial charge on any atom is 0.257 e. The van der Waals surface area contributed by atoms with Crippen LogP contribution in [0.4, 0.5) is 10.8 Å². The Morgan fingerprint density at radius 2 is 2.10 bits per heavy atom. The van der Waals surface area contributed by atoms with E-state index in [4.69, 9.17) is 32.7 Å². The minimum Gasteiger partial charge on any atom is -0.494 e. The number of carbonyl (C=O) groups excluding carboxylic acids is 1. The number of hydrogen-bond donors (Lipinski definition) is 1. The lowest BCUT2D eigenvalue weighted by Crippen LogP contribution is -2.36. The summed E-state index contributed by atoms with van der Waals surface area (Å²) < 4.78 is 11.9. The van der Waals surface area contributed by atoms with Gasteiger partial charge in [-0.1, -0.05) is 22.9 Å². The molecule has 0 bridgehead atoms. The standard InChI is InChI=1S/C20H19Cl2N3O3S/c1-27-16-5-4-15(25-6-8-28-9-7-25)18-17(16)23-20(29-18)24-19(26)12-2-3-14(22)13(10-12)11-21/h2-5,10H,6-9,11H2,1H3,(H,23,24,26). The number of carbonyl (C=O) groups is 1. The first-order valence-corrected chi connectivity index (χ1v) is 10.8. The van der Waals surface area contributed by atoms with Crippen molar-refractivity contribution < 1.29 is 14.3 Å². The highest BCUT2D eigenvalue weighted by Gasteiger charge is 2.20. The van der Waals surface area contributed by atoms with Crippen LogP contribution >= 0.6 is 34.5 Å². The van der Waals surface area contributed by atoms with Crippen molar-refractivity contribution in [3.05, 3.63) is 46.5 Å². The largest absolute Gasteiger partial charge is 0.494 e. The van der Waals surface area contributed by atoms with Crippen molar-refractivity contribution in [1.82, 2.24) is 4.98 Å². The van der Waals surface area contributed by atoms with Gasteiger partial charge in [-0.3, -0.25) is 10.1 Å². The number of ether oxygens (including phenoxy) is 2. The van der Waals surface area contributed by atoms with Crippen LogP contribution in [0.25, 0.3) is 10.2 Å². The van der Waals surface area contributed by atoms with Gasteiger partial charge in [0, 0.05) is 29.6 Å². The Morgan fingerprint density at radius 1 is 1.31 bits per heavy atom. The van der Waals surface area contributed by atoms with E-state index < -0.39 is 0 Å². The van der Waals surface area contributed by atoms with Crippen LogP contribution in [0, 0.1) is 0 Å². The summed E-state index contributed by atoms with van der Waals surface area (Å²) in [6.07, 6.45) is 0. The minimum atomic E-state index is -0.265. The molecule has 4 rings (SSSR count). The van der Waals surface area contributed by atoms with E-state index in [1.165, 1.54) is 11.3 Å². The summed E-state index contributed by atoms with van der Waals surface area (Å²) in [4.78, 5) is 19.6. The van der Waals surface area contributed by atoms with Gasteiger partial charge in [0.05, 0.1) is 30.7 Å².